The van der Waals surface area contributed by atoms with Gasteiger partial charge in [-0.05, 0) is 0 Å². The third-order valence-corrected chi connectivity index (χ3v) is 3.74. The molecule has 1 heterocycles. The van der Waals surface area contributed by atoms with Crippen LogP contribution in [-0.4, -0.2) is 79.1 Å². The van der Waals surface area contributed by atoms with E-state index >= 15 is 0 Å². The minimum atomic E-state index is -1.53. The molecule has 1 aromatic rings. The van der Waals surface area contributed by atoms with Gasteiger partial charge >= 0.3 is 0 Å². The molecule has 0 amide bonds. The second-order valence-electron chi connectivity index (χ2n) is 5.18. The third kappa shape index (κ3) is 3.50. The molecular weight excluding hydrogens is 324 g/mol. The Morgan fingerprint density at radius 2 is 1.50 bits per heavy atom. The van der Waals surface area contributed by atoms with Crippen LogP contribution in [0.4, 0.5) is 0 Å². The average molecular weight is 346 g/mol. The van der Waals surface area contributed by atoms with Crippen molar-refractivity contribution < 1.29 is 44.1 Å². The van der Waals surface area contributed by atoms with Gasteiger partial charge in [0.2, 0.25) is 12.0 Å². The quantitative estimate of drug-likeness (QED) is 0.507. The Labute approximate surface area is 138 Å². The first-order chi connectivity index (χ1) is 11.5. The monoisotopic (exact) mass is 346 g/mol. The van der Waals surface area contributed by atoms with Gasteiger partial charge < -0.3 is 44.1 Å². The summed E-state index contributed by atoms with van der Waals surface area (Å²) < 4.78 is 26.4. The van der Waals surface area contributed by atoms with Crippen LogP contribution in [-0.2, 0) is 4.74 Å². The minimum Gasteiger partial charge on any atom is -0.493 e. The number of rotatable bonds is 6. The van der Waals surface area contributed by atoms with Gasteiger partial charge in [-0.3, -0.25) is 0 Å². The molecule has 1 aromatic carbocycles. The number of hydrogen-bond donors (Lipinski definition) is 4. The molecule has 0 radical (unpaired) electrons. The summed E-state index contributed by atoms with van der Waals surface area (Å²) in [6.07, 6.45) is -6.85. The van der Waals surface area contributed by atoms with Crippen molar-refractivity contribution in [3.05, 3.63) is 12.1 Å². The van der Waals surface area contributed by atoms with Crippen LogP contribution in [0.1, 0.15) is 0 Å². The molecule has 0 spiro atoms. The topological polar surface area (TPSA) is 127 Å². The van der Waals surface area contributed by atoms with E-state index in [0.717, 1.165) is 0 Å². The molecule has 9 heteroatoms. The number of ether oxygens (including phenoxy) is 5. The maximum Gasteiger partial charge on any atom is 0.229 e. The van der Waals surface area contributed by atoms with Gasteiger partial charge in [0.25, 0.3) is 0 Å². The molecule has 1 aliphatic rings. The fourth-order valence-electron chi connectivity index (χ4n) is 2.42. The maximum atomic E-state index is 10.0. The summed E-state index contributed by atoms with van der Waals surface area (Å²) in [5.74, 6) is 1.24. The van der Waals surface area contributed by atoms with Crippen molar-refractivity contribution in [2.45, 2.75) is 30.7 Å². The van der Waals surface area contributed by atoms with E-state index < -0.39 is 37.3 Å². The van der Waals surface area contributed by atoms with Gasteiger partial charge in [-0.2, -0.15) is 0 Å². The van der Waals surface area contributed by atoms with E-state index in [2.05, 4.69) is 0 Å². The highest BCUT2D eigenvalue weighted by molar-refractivity contribution is 5.55. The van der Waals surface area contributed by atoms with E-state index in [1.165, 1.54) is 33.5 Å². The molecule has 0 saturated carbocycles. The van der Waals surface area contributed by atoms with Crippen LogP contribution >= 0.6 is 0 Å². The van der Waals surface area contributed by atoms with E-state index in [1.807, 2.05) is 0 Å². The zero-order chi connectivity index (χ0) is 17.9. The van der Waals surface area contributed by atoms with Crippen molar-refractivity contribution >= 4 is 0 Å². The molecule has 0 aromatic heterocycles. The lowest BCUT2D eigenvalue weighted by molar-refractivity contribution is -0.277. The van der Waals surface area contributed by atoms with Gasteiger partial charge in [-0.25, -0.2) is 0 Å². The Balaban J connectivity index is 2.26. The number of aliphatic hydroxyl groups excluding tert-OH is 4. The molecule has 9 nitrogen and oxygen atoms in total. The lowest BCUT2D eigenvalue weighted by atomic mass is 9.99. The first-order valence-corrected chi connectivity index (χ1v) is 7.24. The summed E-state index contributed by atoms with van der Waals surface area (Å²) in [5.41, 5.74) is 0. The molecule has 1 saturated heterocycles. The van der Waals surface area contributed by atoms with E-state index in [9.17, 15) is 20.4 Å². The predicted molar refractivity (Wildman–Crippen MR) is 80.5 cm³/mol. The Bertz CT molecular complexity index is 523. The van der Waals surface area contributed by atoms with Gasteiger partial charge in [0.15, 0.2) is 11.5 Å². The van der Waals surface area contributed by atoms with Gasteiger partial charge in [0, 0.05) is 12.1 Å². The summed E-state index contributed by atoms with van der Waals surface area (Å²) in [6.45, 7) is -0.542. The highest BCUT2D eigenvalue weighted by Crippen LogP contribution is 2.41. The van der Waals surface area contributed by atoms with E-state index in [0.29, 0.717) is 17.2 Å². The predicted octanol–water partition coefficient (Wildman–Crippen LogP) is -1.11. The highest BCUT2D eigenvalue weighted by Gasteiger charge is 2.44. The van der Waals surface area contributed by atoms with Crippen LogP contribution in [0.2, 0.25) is 0 Å². The molecule has 0 aliphatic carbocycles. The van der Waals surface area contributed by atoms with Crippen molar-refractivity contribution in [3.63, 3.8) is 0 Å². The molecule has 5 atom stereocenters. The molecule has 1 aliphatic heterocycles. The lowest BCUT2D eigenvalue weighted by Crippen LogP contribution is -2.60. The van der Waals surface area contributed by atoms with Crippen LogP contribution in [0.25, 0.3) is 0 Å². The summed E-state index contributed by atoms with van der Waals surface area (Å²) >= 11 is 0. The normalized spacial score (nSPS) is 29.9. The SMILES string of the molecule is COc1cc(O[C@@H]2O[C@H](CO)[C@@H](O)[C@H](O)[C@H]2O)cc(OC)c1OC. The number of hydrogen-bond acceptors (Lipinski definition) is 9. The molecule has 1 fully saturated rings. The minimum absolute atomic E-state index is 0.217. The average Bonchev–Trinajstić information content (AvgIpc) is 2.61. The first-order valence-electron chi connectivity index (χ1n) is 7.24. The molecule has 2 rings (SSSR count). The van der Waals surface area contributed by atoms with Gasteiger partial charge in [0.1, 0.15) is 30.2 Å². The summed E-state index contributed by atoms with van der Waals surface area (Å²) in [4.78, 5) is 0. The van der Waals surface area contributed by atoms with Crippen molar-refractivity contribution in [1.29, 1.82) is 0 Å². The van der Waals surface area contributed by atoms with E-state index in [4.69, 9.17) is 23.7 Å². The van der Waals surface area contributed by atoms with Gasteiger partial charge in [-0.1, -0.05) is 0 Å². The maximum absolute atomic E-state index is 10.0. The molecule has 4 N–H and O–H groups in total. The highest BCUT2D eigenvalue weighted by atomic mass is 16.7. The van der Waals surface area contributed by atoms with Crippen molar-refractivity contribution in [2.75, 3.05) is 27.9 Å². The fraction of sp³-hybridized carbons (Fsp3) is 0.600. The zero-order valence-electron chi connectivity index (χ0n) is 13.6. The smallest absolute Gasteiger partial charge is 0.229 e. The Hall–Kier alpha value is -1.78. The number of aliphatic hydroxyl groups is 4. The fourth-order valence-corrected chi connectivity index (χ4v) is 2.42. The largest absolute Gasteiger partial charge is 0.493 e. The Morgan fingerprint density at radius 1 is 0.917 bits per heavy atom. The van der Waals surface area contributed by atoms with E-state index in [-0.39, 0.29) is 5.75 Å². The summed E-state index contributed by atoms with van der Waals surface area (Å²) in [7, 11) is 4.34. The number of methoxy groups -OCH3 is 3. The summed E-state index contributed by atoms with van der Waals surface area (Å²) in [6, 6.07) is 2.98. The molecular formula is C15H22O9. The van der Waals surface area contributed by atoms with E-state index in [1.54, 1.807) is 0 Å². The van der Waals surface area contributed by atoms with Crippen LogP contribution in [0.3, 0.4) is 0 Å². The van der Waals surface area contributed by atoms with Crippen molar-refractivity contribution in [1.82, 2.24) is 0 Å². The molecule has 24 heavy (non-hydrogen) atoms. The van der Waals surface area contributed by atoms with Gasteiger partial charge in [0.05, 0.1) is 27.9 Å². The zero-order valence-corrected chi connectivity index (χ0v) is 13.6. The second-order valence-corrected chi connectivity index (χ2v) is 5.18. The van der Waals surface area contributed by atoms with Crippen LogP contribution < -0.4 is 18.9 Å². The Morgan fingerprint density at radius 3 is 1.96 bits per heavy atom. The number of benzene rings is 1. The lowest BCUT2D eigenvalue weighted by Gasteiger charge is -2.39. The van der Waals surface area contributed by atoms with Crippen LogP contribution in [0.5, 0.6) is 23.0 Å². The van der Waals surface area contributed by atoms with Crippen molar-refractivity contribution in [3.8, 4) is 23.0 Å². The molecule has 0 unspecified atom stereocenters. The van der Waals surface area contributed by atoms with Crippen LogP contribution in [0, 0.1) is 0 Å². The molecule has 136 valence electrons. The standard InChI is InChI=1S/C15H22O9/c1-20-8-4-7(5-9(21-2)14(8)22-3)23-15-13(19)12(18)11(17)10(6-16)24-15/h4-5,10-13,15-19H,6H2,1-3H3/t10-,11-,12+,13-,15-/m1/s1. The van der Waals surface area contributed by atoms with Gasteiger partial charge in [-0.15, -0.1) is 0 Å². The first kappa shape index (κ1) is 18.6. The Kier molecular flexibility index (Phi) is 6.08. The van der Waals surface area contributed by atoms with Crippen LogP contribution in [0.15, 0.2) is 12.1 Å². The second kappa shape index (κ2) is 7.86. The van der Waals surface area contributed by atoms with Crippen molar-refractivity contribution in [2.24, 2.45) is 0 Å². The third-order valence-electron chi connectivity index (χ3n) is 3.74. The molecule has 0 bridgehead atoms. The summed E-state index contributed by atoms with van der Waals surface area (Å²) in [5, 5.41) is 38.8.